The third-order valence-electron chi connectivity index (χ3n) is 3.00. The standard InChI is InChI=1S/C14H13F2IN2O2/c1-2-5-18-8-12(17)13(20)19(14(18)21)7-9-6-10(15)3-4-11(9)16/h3-4,6,8H,2,5,7H2,1H3. The summed E-state index contributed by atoms with van der Waals surface area (Å²) in [5.74, 6) is -1.26. The Kier molecular flexibility index (Phi) is 4.92. The first kappa shape index (κ1) is 15.9. The molecule has 0 radical (unpaired) electrons. The maximum absolute atomic E-state index is 13.7. The van der Waals surface area contributed by atoms with Crippen LogP contribution in [0.25, 0.3) is 0 Å². The highest BCUT2D eigenvalue weighted by atomic mass is 127. The number of benzene rings is 1. The Morgan fingerprint density at radius 2 is 1.95 bits per heavy atom. The average molecular weight is 406 g/mol. The Morgan fingerprint density at radius 3 is 2.62 bits per heavy atom. The molecule has 1 aromatic carbocycles. The maximum atomic E-state index is 13.7. The molecular formula is C14H13F2IN2O2. The molecule has 1 aromatic heterocycles. The van der Waals surface area contributed by atoms with Crippen LogP contribution in [0.4, 0.5) is 8.78 Å². The van der Waals surface area contributed by atoms with Gasteiger partial charge in [-0.1, -0.05) is 6.92 Å². The normalized spacial score (nSPS) is 10.9. The van der Waals surface area contributed by atoms with Crippen LogP contribution in [0.1, 0.15) is 18.9 Å². The van der Waals surface area contributed by atoms with Crippen molar-refractivity contribution in [2.45, 2.75) is 26.4 Å². The largest absolute Gasteiger partial charge is 0.331 e. The second-order valence-corrected chi connectivity index (χ2v) is 5.74. The van der Waals surface area contributed by atoms with Crippen LogP contribution in [0.15, 0.2) is 34.0 Å². The van der Waals surface area contributed by atoms with Crippen LogP contribution in [-0.2, 0) is 13.1 Å². The van der Waals surface area contributed by atoms with Gasteiger partial charge in [-0.05, 0) is 47.2 Å². The second-order valence-electron chi connectivity index (χ2n) is 4.58. The summed E-state index contributed by atoms with van der Waals surface area (Å²) in [5.41, 5.74) is -1.05. The quantitative estimate of drug-likeness (QED) is 0.732. The van der Waals surface area contributed by atoms with Gasteiger partial charge in [-0.3, -0.25) is 13.9 Å². The molecule has 0 saturated carbocycles. The van der Waals surface area contributed by atoms with Gasteiger partial charge in [0.05, 0.1) is 10.1 Å². The van der Waals surface area contributed by atoms with Crippen LogP contribution in [0.5, 0.6) is 0 Å². The molecule has 7 heteroatoms. The lowest BCUT2D eigenvalue weighted by atomic mass is 10.2. The van der Waals surface area contributed by atoms with E-state index in [0.717, 1.165) is 29.2 Å². The van der Waals surface area contributed by atoms with Crippen molar-refractivity contribution in [1.29, 1.82) is 0 Å². The number of halogens is 3. The Morgan fingerprint density at radius 1 is 1.24 bits per heavy atom. The fourth-order valence-corrected chi connectivity index (χ4v) is 2.62. The number of hydrogen-bond acceptors (Lipinski definition) is 2. The summed E-state index contributed by atoms with van der Waals surface area (Å²) in [5, 5.41) is 0. The van der Waals surface area contributed by atoms with E-state index < -0.39 is 22.9 Å². The first-order valence-electron chi connectivity index (χ1n) is 6.37. The molecule has 0 N–H and O–H groups in total. The molecule has 0 bridgehead atoms. The zero-order chi connectivity index (χ0) is 15.6. The fraction of sp³-hybridized carbons (Fsp3) is 0.286. The molecule has 0 spiro atoms. The summed E-state index contributed by atoms with van der Waals surface area (Å²) < 4.78 is 29.6. The van der Waals surface area contributed by atoms with Crippen molar-refractivity contribution in [3.63, 3.8) is 0 Å². The predicted molar refractivity (Wildman–Crippen MR) is 83.4 cm³/mol. The third-order valence-corrected chi connectivity index (χ3v) is 3.74. The molecule has 4 nitrogen and oxygen atoms in total. The van der Waals surface area contributed by atoms with Gasteiger partial charge in [0, 0.05) is 18.3 Å². The SMILES string of the molecule is CCCn1cc(I)c(=O)n(Cc2cc(F)ccc2F)c1=O. The zero-order valence-corrected chi connectivity index (χ0v) is 13.4. The molecule has 21 heavy (non-hydrogen) atoms. The minimum absolute atomic E-state index is 0.0285. The van der Waals surface area contributed by atoms with E-state index in [0.29, 0.717) is 10.1 Å². The second kappa shape index (κ2) is 6.50. The molecular weight excluding hydrogens is 393 g/mol. The average Bonchev–Trinajstić information content (AvgIpc) is 2.44. The van der Waals surface area contributed by atoms with Gasteiger partial charge in [-0.15, -0.1) is 0 Å². The molecule has 0 saturated heterocycles. The molecule has 0 fully saturated rings. The highest BCUT2D eigenvalue weighted by molar-refractivity contribution is 14.1. The van der Waals surface area contributed by atoms with Gasteiger partial charge in [0.2, 0.25) is 0 Å². The smallest absolute Gasteiger partial charge is 0.299 e. The first-order chi connectivity index (χ1) is 9.93. The summed E-state index contributed by atoms with van der Waals surface area (Å²) in [6, 6.07) is 2.96. The number of aryl methyl sites for hydroxylation is 1. The summed E-state index contributed by atoms with van der Waals surface area (Å²) in [7, 11) is 0. The highest BCUT2D eigenvalue weighted by Gasteiger charge is 2.12. The van der Waals surface area contributed by atoms with Gasteiger partial charge >= 0.3 is 5.69 Å². The van der Waals surface area contributed by atoms with Crippen molar-refractivity contribution in [1.82, 2.24) is 9.13 Å². The molecule has 2 aromatic rings. The van der Waals surface area contributed by atoms with Gasteiger partial charge in [0.25, 0.3) is 5.56 Å². The van der Waals surface area contributed by atoms with Crippen LogP contribution in [0.2, 0.25) is 0 Å². The molecule has 0 unspecified atom stereocenters. The minimum Gasteiger partial charge on any atom is -0.299 e. The van der Waals surface area contributed by atoms with E-state index in [-0.39, 0.29) is 12.1 Å². The number of rotatable bonds is 4. The number of nitrogens with zero attached hydrogens (tertiary/aromatic N) is 2. The lowest BCUT2D eigenvalue weighted by molar-refractivity contribution is 0.541. The van der Waals surface area contributed by atoms with Gasteiger partial charge in [-0.2, -0.15) is 0 Å². The predicted octanol–water partition coefficient (Wildman–Crippen LogP) is 2.35. The van der Waals surface area contributed by atoms with E-state index in [4.69, 9.17) is 0 Å². The van der Waals surface area contributed by atoms with E-state index in [2.05, 4.69) is 0 Å². The van der Waals surface area contributed by atoms with Crippen LogP contribution >= 0.6 is 22.6 Å². The van der Waals surface area contributed by atoms with Crippen molar-refractivity contribution in [3.05, 3.63) is 66.0 Å². The van der Waals surface area contributed by atoms with Gasteiger partial charge in [-0.25, -0.2) is 13.6 Å². The van der Waals surface area contributed by atoms with Crippen molar-refractivity contribution >= 4 is 22.6 Å². The van der Waals surface area contributed by atoms with Gasteiger partial charge in [0.15, 0.2) is 0 Å². The Bertz CT molecular complexity index is 784. The van der Waals surface area contributed by atoms with Crippen LogP contribution in [0.3, 0.4) is 0 Å². The van der Waals surface area contributed by atoms with Gasteiger partial charge in [0.1, 0.15) is 11.6 Å². The van der Waals surface area contributed by atoms with E-state index in [1.54, 1.807) is 0 Å². The topological polar surface area (TPSA) is 44.0 Å². The molecule has 0 aliphatic carbocycles. The van der Waals surface area contributed by atoms with Crippen LogP contribution in [-0.4, -0.2) is 9.13 Å². The van der Waals surface area contributed by atoms with Crippen LogP contribution in [0, 0.1) is 15.2 Å². The molecule has 0 aliphatic rings. The zero-order valence-electron chi connectivity index (χ0n) is 11.3. The van der Waals surface area contributed by atoms with E-state index in [1.165, 1.54) is 10.8 Å². The highest BCUT2D eigenvalue weighted by Crippen LogP contribution is 2.10. The molecule has 0 aliphatic heterocycles. The summed E-state index contributed by atoms with van der Waals surface area (Å²) in [6.45, 7) is 2.07. The molecule has 1 heterocycles. The van der Waals surface area contributed by atoms with E-state index in [1.807, 2.05) is 29.5 Å². The lowest BCUT2D eigenvalue weighted by Gasteiger charge is -2.11. The molecule has 2 rings (SSSR count). The monoisotopic (exact) mass is 406 g/mol. The lowest BCUT2D eigenvalue weighted by Crippen LogP contribution is -2.41. The van der Waals surface area contributed by atoms with Crippen molar-refractivity contribution in [2.24, 2.45) is 0 Å². The van der Waals surface area contributed by atoms with Crippen molar-refractivity contribution < 1.29 is 8.78 Å². The third kappa shape index (κ3) is 3.39. The minimum atomic E-state index is -0.649. The molecule has 0 atom stereocenters. The Balaban J connectivity index is 2.56. The van der Waals surface area contributed by atoms with E-state index >= 15 is 0 Å². The Hall–Kier alpha value is -1.51. The summed E-state index contributed by atoms with van der Waals surface area (Å²) in [6.07, 6.45) is 2.20. The van der Waals surface area contributed by atoms with Gasteiger partial charge < -0.3 is 0 Å². The maximum Gasteiger partial charge on any atom is 0.331 e. The van der Waals surface area contributed by atoms with Crippen molar-refractivity contribution in [3.8, 4) is 0 Å². The first-order valence-corrected chi connectivity index (χ1v) is 7.45. The van der Waals surface area contributed by atoms with E-state index in [9.17, 15) is 18.4 Å². The van der Waals surface area contributed by atoms with Crippen LogP contribution < -0.4 is 11.2 Å². The summed E-state index contributed by atoms with van der Waals surface area (Å²) >= 11 is 1.83. The van der Waals surface area contributed by atoms with Crippen molar-refractivity contribution in [2.75, 3.05) is 0 Å². The fourth-order valence-electron chi connectivity index (χ4n) is 1.99. The molecule has 112 valence electrons. The summed E-state index contributed by atoms with van der Waals surface area (Å²) in [4.78, 5) is 24.3. The molecule has 0 amide bonds. The Labute approximate surface area is 133 Å². The number of hydrogen-bond donors (Lipinski definition) is 0. The number of aromatic nitrogens is 2.